The molecule has 0 unspecified atom stereocenters. The Kier molecular flexibility index (Phi) is 9.99. The molecule has 3 aromatic carbocycles. The van der Waals surface area contributed by atoms with E-state index in [9.17, 15) is 19.6 Å². The Bertz CT molecular complexity index is 2600. The number of para-hydroxylation sites is 1. The summed E-state index contributed by atoms with van der Waals surface area (Å²) < 4.78 is 20.5. The van der Waals surface area contributed by atoms with E-state index in [-0.39, 0.29) is 35.3 Å². The van der Waals surface area contributed by atoms with Crippen molar-refractivity contribution in [3.05, 3.63) is 104 Å². The summed E-state index contributed by atoms with van der Waals surface area (Å²) in [5.74, 6) is -0.675. The molecule has 7 rings (SSSR count). The summed E-state index contributed by atoms with van der Waals surface area (Å²) in [7, 11) is 3.19. The van der Waals surface area contributed by atoms with Gasteiger partial charge in [0.05, 0.1) is 22.2 Å². The molecule has 16 heteroatoms. The normalized spacial score (nSPS) is 13.0. The zero-order chi connectivity index (χ0) is 39.0. The number of ether oxygens (including phenoxy) is 3. The van der Waals surface area contributed by atoms with Crippen molar-refractivity contribution in [1.29, 1.82) is 5.26 Å². The fraction of sp³-hybridized carbons (Fsp3) is 0.256. The van der Waals surface area contributed by atoms with Crippen LogP contribution in [-0.4, -0.2) is 56.6 Å². The third-order valence-electron chi connectivity index (χ3n) is 8.83. The molecule has 0 radical (unpaired) electrons. The van der Waals surface area contributed by atoms with Gasteiger partial charge in [0.2, 0.25) is 0 Å². The molecule has 0 fully saturated rings. The van der Waals surface area contributed by atoms with E-state index in [1.807, 2.05) is 59.0 Å². The van der Waals surface area contributed by atoms with E-state index in [4.69, 9.17) is 19.9 Å². The molecule has 280 valence electrons. The molecule has 14 nitrogen and oxygen atoms in total. The Morgan fingerprint density at radius 3 is 2.58 bits per heavy atom. The van der Waals surface area contributed by atoms with Crippen LogP contribution in [0.15, 0.2) is 71.7 Å². The molecule has 55 heavy (non-hydrogen) atoms. The van der Waals surface area contributed by atoms with E-state index >= 15 is 0 Å². The Hall–Kier alpha value is -6.31. The molecule has 0 spiro atoms. The molecule has 1 aliphatic heterocycles. The third kappa shape index (κ3) is 7.44. The van der Waals surface area contributed by atoms with E-state index in [1.165, 1.54) is 29.8 Å². The highest BCUT2D eigenvalue weighted by Gasteiger charge is 2.28. The summed E-state index contributed by atoms with van der Waals surface area (Å²) in [6.07, 6.45) is -0.148. The van der Waals surface area contributed by atoms with Gasteiger partial charge in [-0.25, -0.2) is 14.6 Å². The molecule has 0 saturated carbocycles. The number of benzene rings is 3. The highest BCUT2D eigenvalue weighted by atomic mass is 32.1. The van der Waals surface area contributed by atoms with Crippen LogP contribution in [0.2, 0.25) is 0 Å². The highest BCUT2D eigenvalue weighted by Crippen LogP contribution is 2.34. The maximum atomic E-state index is 13.7. The number of aromatic nitrogens is 4. The summed E-state index contributed by atoms with van der Waals surface area (Å²) in [4.78, 5) is 51.8. The minimum Gasteiger partial charge on any atom is -0.488 e. The van der Waals surface area contributed by atoms with Crippen molar-refractivity contribution in [1.82, 2.24) is 19.3 Å². The number of nitrogen functional groups attached to an aromatic ring is 1. The average molecular weight is 777 g/mol. The standard InChI is InChI=1S/C39H36N8O6S2/c1-39(2,3)53-38(50)47-33(41)26(19-40)31(44-47)23-11-8-12-24(18-23)52-21-30-32(35(49)51-5)42-37(55-30)46-17-16-22-10-9-13-25(27(22)20-46)34(48)43-36-45(4)28-14-6-7-15-29(28)54-36/h6-15,18H,16-17,20-21,41H2,1-5H3. The maximum absolute atomic E-state index is 13.7. The smallest absolute Gasteiger partial charge is 0.437 e. The maximum Gasteiger partial charge on any atom is 0.437 e. The molecule has 3 aromatic heterocycles. The summed E-state index contributed by atoms with van der Waals surface area (Å²) in [6.45, 7) is 6.12. The number of carbonyl (C=O) groups excluding carboxylic acids is 3. The summed E-state index contributed by atoms with van der Waals surface area (Å²) >= 11 is 2.76. The first-order valence-corrected chi connectivity index (χ1v) is 18.8. The topological polar surface area (TPSA) is 180 Å². The first-order chi connectivity index (χ1) is 26.3. The van der Waals surface area contributed by atoms with E-state index < -0.39 is 17.7 Å². The minimum atomic E-state index is -0.812. The number of nitrogens with two attached hydrogens (primary N) is 1. The number of methoxy groups -OCH3 is 1. The van der Waals surface area contributed by atoms with Gasteiger partial charge in [-0.3, -0.25) is 4.79 Å². The fourth-order valence-electron chi connectivity index (χ4n) is 6.18. The lowest BCUT2D eigenvalue weighted by Gasteiger charge is -2.29. The first kappa shape index (κ1) is 37.0. The molecule has 0 bridgehead atoms. The number of fused-ring (bicyclic) bond motifs is 2. The zero-order valence-electron chi connectivity index (χ0n) is 30.7. The van der Waals surface area contributed by atoms with Crippen LogP contribution in [0.3, 0.4) is 0 Å². The number of nitriles is 1. The van der Waals surface area contributed by atoms with Gasteiger partial charge in [0.25, 0.3) is 5.91 Å². The van der Waals surface area contributed by atoms with Crippen LogP contribution in [0.1, 0.15) is 63.2 Å². The number of hydrogen-bond donors (Lipinski definition) is 1. The van der Waals surface area contributed by atoms with Crippen LogP contribution in [-0.2, 0) is 36.1 Å². The van der Waals surface area contributed by atoms with Crippen molar-refractivity contribution in [2.45, 2.75) is 45.9 Å². The molecular formula is C39H36N8O6S2. The third-order valence-corrected chi connectivity index (χ3v) is 11.0. The number of hydrogen-bond acceptors (Lipinski definition) is 13. The SMILES string of the molecule is COC(=O)c1nc(N2CCc3cccc(C(=O)N=c4sc5ccccc5n4C)c3C2)sc1COc1cccc(-c2nn(C(=O)OC(C)(C)C)c(N)c2C#N)c1. The molecule has 1 aliphatic rings. The summed E-state index contributed by atoms with van der Waals surface area (Å²) in [6, 6.07) is 22.5. The van der Waals surface area contributed by atoms with Gasteiger partial charge in [0.15, 0.2) is 21.4 Å². The van der Waals surface area contributed by atoms with Gasteiger partial charge in [-0.15, -0.1) is 4.68 Å². The van der Waals surface area contributed by atoms with Crippen LogP contribution < -0.4 is 20.2 Å². The number of aryl methyl sites for hydroxylation is 1. The lowest BCUT2D eigenvalue weighted by atomic mass is 9.95. The quantitative estimate of drug-likeness (QED) is 0.176. The first-order valence-electron chi connectivity index (χ1n) is 17.2. The second-order valence-electron chi connectivity index (χ2n) is 13.6. The Morgan fingerprint density at radius 1 is 1.05 bits per heavy atom. The molecule has 2 N–H and O–H groups in total. The lowest BCUT2D eigenvalue weighted by Crippen LogP contribution is -2.31. The average Bonchev–Trinajstić information content (AvgIpc) is 3.85. The van der Waals surface area contributed by atoms with Crippen LogP contribution >= 0.6 is 22.7 Å². The molecule has 6 aromatic rings. The molecule has 0 atom stereocenters. The predicted octanol–water partition coefficient (Wildman–Crippen LogP) is 6.47. The van der Waals surface area contributed by atoms with E-state index in [2.05, 4.69) is 15.1 Å². The van der Waals surface area contributed by atoms with Crippen molar-refractivity contribution in [2.75, 3.05) is 24.3 Å². The summed E-state index contributed by atoms with van der Waals surface area (Å²) in [5.41, 5.74) is 9.57. The number of amides is 1. The van der Waals surface area contributed by atoms with Crippen LogP contribution in [0.4, 0.5) is 15.7 Å². The zero-order valence-corrected chi connectivity index (χ0v) is 32.3. The van der Waals surface area contributed by atoms with E-state index in [1.54, 1.807) is 51.1 Å². The van der Waals surface area contributed by atoms with Crippen LogP contribution in [0.25, 0.3) is 21.5 Å². The Morgan fingerprint density at radius 2 is 1.84 bits per heavy atom. The Balaban J connectivity index is 1.13. The van der Waals surface area contributed by atoms with Crippen molar-refractivity contribution in [3.8, 4) is 23.1 Å². The minimum absolute atomic E-state index is 0.0128. The van der Waals surface area contributed by atoms with Gasteiger partial charge < -0.3 is 29.4 Å². The summed E-state index contributed by atoms with van der Waals surface area (Å²) in [5, 5.41) is 14.8. The van der Waals surface area contributed by atoms with Crippen molar-refractivity contribution in [2.24, 2.45) is 12.0 Å². The molecule has 0 saturated heterocycles. The lowest BCUT2D eigenvalue weighted by molar-refractivity contribution is 0.0518. The van der Waals surface area contributed by atoms with Crippen LogP contribution in [0.5, 0.6) is 5.75 Å². The van der Waals surface area contributed by atoms with Gasteiger partial charge in [0, 0.05) is 31.3 Å². The number of esters is 1. The second-order valence-corrected chi connectivity index (χ2v) is 15.7. The predicted molar refractivity (Wildman–Crippen MR) is 208 cm³/mol. The van der Waals surface area contributed by atoms with Gasteiger partial charge in [-0.1, -0.05) is 59.1 Å². The Labute approximate surface area is 323 Å². The second kappa shape index (κ2) is 14.8. The molecule has 4 heterocycles. The molecular weight excluding hydrogens is 741 g/mol. The van der Waals surface area contributed by atoms with Crippen molar-refractivity contribution in [3.63, 3.8) is 0 Å². The number of carbonyl (C=O) groups is 3. The highest BCUT2D eigenvalue weighted by molar-refractivity contribution is 7.16. The number of anilines is 2. The van der Waals surface area contributed by atoms with Crippen molar-refractivity contribution >= 4 is 61.8 Å². The molecule has 1 amide bonds. The van der Waals surface area contributed by atoms with E-state index in [0.717, 1.165) is 26.0 Å². The number of nitrogens with zero attached hydrogens (tertiary/aromatic N) is 7. The number of rotatable bonds is 7. The van der Waals surface area contributed by atoms with E-state index in [0.29, 0.717) is 51.2 Å². The molecule has 0 aliphatic carbocycles. The van der Waals surface area contributed by atoms with Gasteiger partial charge >= 0.3 is 12.1 Å². The van der Waals surface area contributed by atoms with Gasteiger partial charge in [-0.05, 0) is 68.7 Å². The van der Waals surface area contributed by atoms with Crippen LogP contribution in [0, 0.1) is 11.3 Å². The van der Waals surface area contributed by atoms with Crippen molar-refractivity contribution < 1.29 is 28.6 Å². The monoisotopic (exact) mass is 776 g/mol. The largest absolute Gasteiger partial charge is 0.488 e. The fourth-order valence-corrected chi connectivity index (χ4v) is 8.18. The number of thiazole rings is 2. The van der Waals surface area contributed by atoms with Gasteiger partial charge in [0.1, 0.15) is 35.3 Å². The van der Waals surface area contributed by atoms with Gasteiger partial charge in [-0.2, -0.15) is 15.4 Å².